The molecule has 1 unspecified atom stereocenters. The summed E-state index contributed by atoms with van der Waals surface area (Å²) in [6.07, 6.45) is 23.0. The molecule has 4 aliphatic rings. The summed E-state index contributed by atoms with van der Waals surface area (Å²) in [5.41, 5.74) is 7.44. The van der Waals surface area contributed by atoms with Gasteiger partial charge in [-0.3, -0.25) is 0 Å². The highest BCUT2D eigenvalue weighted by Gasteiger charge is 2.50. The largest absolute Gasteiger partial charge is 0.472 e. The molecule has 2 heterocycles. The van der Waals surface area contributed by atoms with E-state index < -0.39 is 11.2 Å². The maximum absolute atomic E-state index is 14.2. The summed E-state index contributed by atoms with van der Waals surface area (Å²) in [7, 11) is 0. The van der Waals surface area contributed by atoms with Gasteiger partial charge in [0, 0.05) is 53.7 Å². The van der Waals surface area contributed by atoms with Crippen LogP contribution in [0.5, 0.6) is 11.5 Å². The minimum absolute atomic E-state index is 0.326. The lowest BCUT2D eigenvalue weighted by molar-refractivity contribution is -0.00144. The average molecular weight is 891 g/mol. The normalized spacial score (nSPS) is 20.1. The molecule has 1 saturated carbocycles. The van der Waals surface area contributed by atoms with Crippen LogP contribution in [0.15, 0.2) is 140 Å². The SMILES string of the molecule is CCCCCC1CCC(c2ccc(OC(=O)c3ccc(-c4ccc5c6c(c7c(c5c4)C4(CC=CC4)OC7=O)C=CC(c4ccccc4)(c4ccc(CCCOCCC)cc4)O6)cc3)cc2)CC1. The summed E-state index contributed by atoms with van der Waals surface area (Å²) in [4.78, 5) is 27.6. The fraction of sp³-hybridized carbons (Fsp3) is 0.344. The Morgan fingerprint density at radius 3 is 2.16 bits per heavy atom. The van der Waals surface area contributed by atoms with Crippen molar-refractivity contribution in [3.8, 4) is 22.6 Å². The Labute approximate surface area is 396 Å². The van der Waals surface area contributed by atoms with E-state index in [0.29, 0.717) is 41.4 Å². The van der Waals surface area contributed by atoms with E-state index in [4.69, 9.17) is 18.9 Å². The van der Waals surface area contributed by atoms with Gasteiger partial charge in [0.2, 0.25) is 0 Å². The molecule has 342 valence electrons. The minimum atomic E-state index is -0.953. The van der Waals surface area contributed by atoms with Crippen LogP contribution in [0.3, 0.4) is 0 Å². The fourth-order valence-electron chi connectivity index (χ4n) is 11.2. The van der Waals surface area contributed by atoms with Crippen molar-refractivity contribution in [2.45, 2.75) is 114 Å². The maximum atomic E-state index is 14.2. The van der Waals surface area contributed by atoms with Gasteiger partial charge in [-0.15, -0.1) is 0 Å². The van der Waals surface area contributed by atoms with E-state index >= 15 is 0 Å². The van der Waals surface area contributed by atoms with E-state index in [1.165, 1.54) is 62.5 Å². The number of benzene rings is 6. The second kappa shape index (κ2) is 19.5. The first-order chi connectivity index (χ1) is 32.9. The van der Waals surface area contributed by atoms with Gasteiger partial charge in [0.15, 0.2) is 5.60 Å². The third-order valence-corrected chi connectivity index (χ3v) is 14.8. The third kappa shape index (κ3) is 8.89. The number of unbranched alkanes of at least 4 members (excludes halogenated alkanes) is 2. The first kappa shape index (κ1) is 44.6. The Balaban J connectivity index is 0.927. The van der Waals surface area contributed by atoms with Crippen molar-refractivity contribution >= 4 is 28.8 Å². The molecule has 6 heteroatoms. The van der Waals surface area contributed by atoms with E-state index in [1.54, 1.807) is 0 Å². The molecule has 2 aliphatic carbocycles. The van der Waals surface area contributed by atoms with Gasteiger partial charge in [-0.1, -0.05) is 143 Å². The third-order valence-electron chi connectivity index (χ3n) is 14.8. The van der Waals surface area contributed by atoms with E-state index in [1.807, 2.05) is 54.6 Å². The molecule has 1 spiro atoms. The molecule has 0 bridgehead atoms. The van der Waals surface area contributed by atoms with Crippen molar-refractivity contribution in [1.29, 1.82) is 0 Å². The van der Waals surface area contributed by atoms with Crippen LogP contribution >= 0.6 is 0 Å². The van der Waals surface area contributed by atoms with Gasteiger partial charge in [-0.2, -0.15) is 0 Å². The van der Waals surface area contributed by atoms with Crippen LogP contribution in [-0.4, -0.2) is 25.2 Å². The summed E-state index contributed by atoms with van der Waals surface area (Å²) < 4.78 is 25.4. The zero-order chi connectivity index (χ0) is 45.8. The maximum Gasteiger partial charge on any atom is 0.343 e. The standard InChI is InChI=1S/C61H62O6/c1-3-5-7-13-42-17-21-44(22-18-42)45-27-32-51(33-28-45)65-58(62)47-25-23-46(24-26-47)48-29-34-52-54(41-48)56-55(59(63)67-60(56)36-10-11-37-60)53-35-38-61(66-57(52)53,49-15-8-6-9-16-49)50-30-19-43(20-31-50)14-12-40-64-39-4-2/h6,8-11,15-16,19-20,23-35,38,41-42,44H,3-5,7,12-14,17-18,21-22,36-37,39-40H2,1-2H3. The highest BCUT2D eigenvalue weighted by Crippen LogP contribution is 2.55. The van der Waals surface area contributed by atoms with E-state index in [9.17, 15) is 9.59 Å². The van der Waals surface area contributed by atoms with Crippen LogP contribution in [0.4, 0.5) is 0 Å². The Morgan fingerprint density at radius 1 is 0.701 bits per heavy atom. The quantitative estimate of drug-likeness (QED) is 0.0417. The van der Waals surface area contributed by atoms with Crippen LogP contribution in [0, 0.1) is 5.92 Å². The number of carbonyl (C=O) groups is 2. The fourth-order valence-corrected chi connectivity index (χ4v) is 11.2. The predicted molar refractivity (Wildman–Crippen MR) is 268 cm³/mol. The highest BCUT2D eigenvalue weighted by molar-refractivity contribution is 6.10. The summed E-state index contributed by atoms with van der Waals surface area (Å²) in [6, 6.07) is 41.2. The van der Waals surface area contributed by atoms with Crippen LogP contribution < -0.4 is 9.47 Å². The summed E-state index contributed by atoms with van der Waals surface area (Å²) in [5, 5.41) is 1.84. The van der Waals surface area contributed by atoms with E-state index in [0.717, 1.165) is 82.5 Å². The molecule has 0 radical (unpaired) electrons. The minimum Gasteiger partial charge on any atom is -0.472 e. The van der Waals surface area contributed by atoms with Crippen LogP contribution in [0.1, 0.15) is 151 Å². The number of hydrogen-bond donors (Lipinski definition) is 0. The monoisotopic (exact) mass is 890 g/mol. The number of rotatable bonds is 16. The van der Waals surface area contributed by atoms with Crippen molar-refractivity contribution in [2.75, 3.05) is 13.2 Å². The van der Waals surface area contributed by atoms with Gasteiger partial charge >= 0.3 is 11.9 Å². The zero-order valence-electron chi connectivity index (χ0n) is 39.1. The Morgan fingerprint density at radius 2 is 1.43 bits per heavy atom. The van der Waals surface area contributed by atoms with Crippen molar-refractivity contribution in [3.05, 3.63) is 184 Å². The number of esters is 2. The number of hydrogen-bond acceptors (Lipinski definition) is 6. The lowest BCUT2D eigenvalue weighted by Crippen LogP contribution is -2.34. The summed E-state index contributed by atoms with van der Waals surface area (Å²) in [5.74, 6) is 1.95. The molecular formula is C61H62O6. The number of aryl methyl sites for hydroxylation is 1. The summed E-state index contributed by atoms with van der Waals surface area (Å²) in [6.45, 7) is 5.95. The van der Waals surface area contributed by atoms with Gasteiger partial charge in [-0.05, 0) is 127 Å². The highest BCUT2D eigenvalue weighted by atomic mass is 16.6. The zero-order valence-corrected chi connectivity index (χ0v) is 39.1. The van der Waals surface area contributed by atoms with Gasteiger partial charge in [0.05, 0.1) is 11.1 Å². The number of fused-ring (bicyclic) bond motifs is 7. The van der Waals surface area contributed by atoms with Crippen LogP contribution in [-0.2, 0) is 27.1 Å². The molecule has 6 aromatic rings. The second-order valence-corrected chi connectivity index (χ2v) is 19.2. The second-order valence-electron chi connectivity index (χ2n) is 19.2. The number of carbonyl (C=O) groups excluding carboxylic acids is 2. The van der Waals surface area contributed by atoms with Crippen LogP contribution in [0.25, 0.3) is 28.0 Å². The first-order valence-corrected chi connectivity index (χ1v) is 24.9. The Kier molecular flexibility index (Phi) is 13.0. The molecule has 0 saturated heterocycles. The average Bonchev–Trinajstić information content (AvgIpc) is 3.97. The first-order valence-electron chi connectivity index (χ1n) is 24.9. The van der Waals surface area contributed by atoms with E-state index in [-0.39, 0.29) is 11.9 Å². The molecule has 0 amide bonds. The molecular weight excluding hydrogens is 829 g/mol. The van der Waals surface area contributed by atoms with Gasteiger partial charge in [0.1, 0.15) is 17.1 Å². The molecule has 6 aromatic carbocycles. The van der Waals surface area contributed by atoms with Crippen molar-refractivity contribution in [3.63, 3.8) is 0 Å². The molecule has 0 N–H and O–H groups in total. The Hall–Kier alpha value is -6.24. The topological polar surface area (TPSA) is 71.1 Å². The summed E-state index contributed by atoms with van der Waals surface area (Å²) >= 11 is 0. The van der Waals surface area contributed by atoms with Crippen molar-refractivity contribution in [1.82, 2.24) is 0 Å². The molecule has 6 nitrogen and oxygen atoms in total. The molecule has 67 heavy (non-hydrogen) atoms. The predicted octanol–water partition coefficient (Wildman–Crippen LogP) is 15.0. The lowest BCUT2D eigenvalue weighted by atomic mass is 9.77. The van der Waals surface area contributed by atoms with Gasteiger partial charge in [0.25, 0.3) is 0 Å². The molecule has 10 rings (SSSR count). The van der Waals surface area contributed by atoms with Gasteiger partial charge in [-0.25, -0.2) is 9.59 Å². The molecule has 1 fully saturated rings. The van der Waals surface area contributed by atoms with Crippen molar-refractivity contribution in [2.24, 2.45) is 5.92 Å². The van der Waals surface area contributed by atoms with E-state index in [2.05, 4.69) is 105 Å². The lowest BCUT2D eigenvalue weighted by Gasteiger charge is -2.37. The van der Waals surface area contributed by atoms with Gasteiger partial charge < -0.3 is 18.9 Å². The number of ether oxygens (including phenoxy) is 4. The molecule has 1 atom stereocenters. The Bertz CT molecular complexity index is 2770. The van der Waals surface area contributed by atoms with Crippen molar-refractivity contribution < 1.29 is 28.5 Å². The van der Waals surface area contributed by atoms with Crippen LogP contribution in [0.2, 0.25) is 0 Å². The smallest absolute Gasteiger partial charge is 0.343 e. The molecule has 2 aliphatic heterocycles. The molecule has 0 aromatic heterocycles.